The van der Waals surface area contributed by atoms with Gasteiger partial charge >= 0.3 is 5.97 Å². The standard InChI is InChI=1S/C22H27NO5/c1-5-6-8-21-14-7-9-23(21)13-10-15(21)27-22(14)16(13)11(2)18(28-22)19-17(25-4)12(3)20(24)26-19/h6,8,11,13-16H,5,7,9-10H2,1-4H3/b8-6+,19-18+/t11-,13+,14+,15-,16+,21-,22+/m1/s1. The number of fused-ring (bicyclic) bond motifs is 1. The Morgan fingerprint density at radius 2 is 2.21 bits per heavy atom. The van der Waals surface area contributed by atoms with E-state index in [0.29, 0.717) is 29.1 Å². The van der Waals surface area contributed by atoms with E-state index in [2.05, 4.69) is 30.9 Å². The highest BCUT2D eigenvalue weighted by Gasteiger charge is 2.83. The highest BCUT2D eigenvalue weighted by molar-refractivity contribution is 5.93. The van der Waals surface area contributed by atoms with E-state index in [4.69, 9.17) is 18.9 Å². The van der Waals surface area contributed by atoms with Crippen molar-refractivity contribution in [3.05, 3.63) is 35.0 Å². The van der Waals surface area contributed by atoms with Gasteiger partial charge in [-0.25, -0.2) is 4.79 Å². The van der Waals surface area contributed by atoms with Gasteiger partial charge in [-0.15, -0.1) is 0 Å². The summed E-state index contributed by atoms with van der Waals surface area (Å²) in [7, 11) is 1.57. The van der Waals surface area contributed by atoms with Crippen LogP contribution in [0.3, 0.4) is 0 Å². The van der Waals surface area contributed by atoms with Crippen molar-refractivity contribution >= 4 is 5.97 Å². The second kappa shape index (κ2) is 5.22. The van der Waals surface area contributed by atoms with Gasteiger partial charge in [0.2, 0.25) is 11.5 Å². The minimum atomic E-state index is -0.609. The van der Waals surface area contributed by atoms with Gasteiger partial charge in [-0.2, -0.15) is 0 Å². The molecule has 0 N–H and O–H groups in total. The van der Waals surface area contributed by atoms with Crippen LogP contribution in [0.15, 0.2) is 35.0 Å². The molecule has 6 heteroatoms. The number of cyclic esters (lactones) is 1. The van der Waals surface area contributed by atoms with Gasteiger partial charge in [-0.05, 0) is 26.2 Å². The number of carbonyl (C=O) groups excluding carboxylic acids is 1. The van der Waals surface area contributed by atoms with Gasteiger partial charge in [0, 0.05) is 18.5 Å². The van der Waals surface area contributed by atoms with E-state index in [1.165, 1.54) is 0 Å². The molecular weight excluding hydrogens is 358 g/mol. The van der Waals surface area contributed by atoms with E-state index in [0.717, 1.165) is 31.6 Å². The van der Waals surface area contributed by atoms with Crippen LogP contribution in [0, 0.1) is 17.8 Å². The summed E-state index contributed by atoms with van der Waals surface area (Å²) in [6.45, 7) is 7.21. The highest BCUT2D eigenvalue weighted by Crippen LogP contribution is 2.72. The molecular formula is C22H27NO5. The Bertz CT molecular complexity index is 874. The minimum absolute atomic E-state index is 0.0286. The first-order valence-electron chi connectivity index (χ1n) is 10.5. The second-order valence-electron chi connectivity index (χ2n) is 9.02. The Kier molecular flexibility index (Phi) is 3.19. The Morgan fingerprint density at radius 3 is 2.96 bits per heavy atom. The molecule has 6 rings (SSSR count). The summed E-state index contributed by atoms with van der Waals surface area (Å²) in [4.78, 5) is 14.9. The largest absolute Gasteiger partial charge is 0.492 e. The van der Waals surface area contributed by atoms with Crippen LogP contribution >= 0.6 is 0 Å². The zero-order chi connectivity index (χ0) is 19.4. The van der Waals surface area contributed by atoms with Gasteiger partial charge in [-0.3, -0.25) is 4.90 Å². The number of carbonyl (C=O) groups is 1. The van der Waals surface area contributed by atoms with Crippen LogP contribution in [0.1, 0.15) is 40.0 Å². The molecule has 0 radical (unpaired) electrons. The summed E-state index contributed by atoms with van der Waals surface area (Å²) in [5, 5.41) is 0. The summed E-state index contributed by atoms with van der Waals surface area (Å²) in [5.41, 5.74) is 0.467. The zero-order valence-corrected chi connectivity index (χ0v) is 16.9. The van der Waals surface area contributed by atoms with Gasteiger partial charge < -0.3 is 18.9 Å². The van der Waals surface area contributed by atoms with Crippen LogP contribution in [0.5, 0.6) is 0 Å². The maximum absolute atomic E-state index is 12.2. The predicted octanol–water partition coefficient (Wildman–Crippen LogP) is 2.87. The van der Waals surface area contributed by atoms with E-state index >= 15 is 0 Å². The van der Waals surface area contributed by atoms with Crippen molar-refractivity contribution in [3.8, 4) is 0 Å². The van der Waals surface area contributed by atoms with Crippen molar-refractivity contribution < 1.29 is 23.7 Å². The molecule has 6 aliphatic heterocycles. The maximum atomic E-state index is 12.2. The Labute approximate surface area is 165 Å². The van der Waals surface area contributed by atoms with Crippen molar-refractivity contribution in [3.63, 3.8) is 0 Å². The molecule has 5 bridgehead atoms. The fourth-order valence-corrected chi connectivity index (χ4v) is 7.22. The average Bonchev–Trinajstić information content (AvgIpc) is 3.38. The third kappa shape index (κ3) is 1.60. The lowest BCUT2D eigenvalue weighted by Crippen LogP contribution is -2.60. The van der Waals surface area contributed by atoms with Gasteiger partial charge in [-0.1, -0.05) is 26.0 Å². The molecule has 150 valence electrons. The maximum Gasteiger partial charge on any atom is 0.343 e. The molecule has 6 aliphatic rings. The summed E-state index contributed by atoms with van der Waals surface area (Å²) in [5.74, 6) is 1.38. The highest BCUT2D eigenvalue weighted by atomic mass is 16.7. The topological polar surface area (TPSA) is 57.2 Å². The Balaban J connectivity index is 1.49. The van der Waals surface area contributed by atoms with Gasteiger partial charge in [0.15, 0.2) is 5.76 Å². The fraction of sp³-hybridized carbons (Fsp3) is 0.682. The predicted molar refractivity (Wildman–Crippen MR) is 99.6 cm³/mol. The molecule has 0 aromatic carbocycles. The molecule has 5 fully saturated rings. The van der Waals surface area contributed by atoms with E-state index in [1.807, 2.05) is 0 Å². The molecule has 0 aliphatic carbocycles. The molecule has 28 heavy (non-hydrogen) atoms. The number of methoxy groups -OCH3 is 1. The quantitative estimate of drug-likeness (QED) is 0.550. The van der Waals surface area contributed by atoms with Crippen LogP contribution in [0.25, 0.3) is 0 Å². The smallest absolute Gasteiger partial charge is 0.343 e. The van der Waals surface area contributed by atoms with Gasteiger partial charge in [0.05, 0.1) is 36.2 Å². The fourth-order valence-electron chi connectivity index (χ4n) is 7.22. The number of rotatable bonds is 3. The number of hydrogen-bond acceptors (Lipinski definition) is 6. The second-order valence-corrected chi connectivity index (χ2v) is 9.02. The number of allylic oxidation sites excluding steroid dienone is 2. The first kappa shape index (κ1) is 17.1. The van der Waals surface area contributed by atoms with Crippen molar-refractivity contribution in [2.75, 3.05) is 13.7 Å². The third-order valence-electron chi connectivity index (χ3n) is 8.10. The van der Waals surface area contributed by atoms with Gasteiger partial charge in [0.25, 0.3) is 0 Å². The normalized spacial score (nSPS) is 52.8. The monoisotopic (exact) mass is 385 g/mol. The zero-order valence-electron chi connectivity index (χ0n) is 16.9. The molecule has 6 nitrogen and oxygen atoms in total. The van der Waals surface area contributed by atoms with Gasteiger partial charge in [0.1, 0.15) is 5.76 Å². The molecule has 0 aromatic rings. The van der Waals surface area contributed by atoms with Crippen LogP contribution < -0.4 is 0 Å². The number of esters is 1. The minimum Gasteiger partial charge on any atom is -0.492 e. The van der Waals surface area contributed by atoms with Crippen LogP contribution in [-0.4, -0.2) is 48.0 Å². The Hall–Kier alpha value is -1.79. The first-order chi connectivity index (χ1) is 13.5. The van der Waals surface area contributed by atoms with Crippen molar-refractivity contribution in [1.29, 1.82) is 0 Å². The Morgan fingerprint density at radius 1 is 1.39 bits per heavy atom. The number of hydrogen-bond donors (Lipinski definition) is 0. The SMILES string of the molecule is CC/C=C/[C@]12[C@@H]3CCN1[C@H]1C[C@H]2O[C@]32O/C(=C3/OC(=O)C(C)=C3OC)[C@H](C)[C@@H]12. The number of nitrogens with zero attached hydrogens (tertiary/aromatic N) is 1. The van der Waals surface area contributed by atoms with E-state index in [9.17, 15) is 4.79 Å². The van der Waals surface area contributed by atoms with Crippen LogP contribution in [-0.2, 0) is 23.7 Å². The van der Waals surface area contributed by atoms with Crippen molar-refractivity contribution in [2.45, 2.75) is 63.5 Å². The average molecular weight is 385 g/mol. The first-order valence-corrected chi connectivity index (χ1v) is 10.5. The van der Waals surface area contributed by atoms with Crippen LogP contribution in [0.4, 0.5) is 0 Å². The number of ether oxygens (including phenoxy) is 4. The van der Waals surface area contributed by atoms with E-state index in [1.54, 1.807) is 14.0 Å². The molecule has 6 heterocycles. The molecule has 0 amide bonds. The molecule has 1 unspecified atom stereocenters. The summed E-state index contributed by atoms with van der Waals surface area (Å²) in [6.07, 6.45) is 8.04. The molecule has 1 spiro atoms. The van der Waals surface area contributed by atoms with E-state index < -0.39 is 5.79 Å². The third-order valence-corrected chi connectivity index (χ3v) is 8.10. The lowest BCUT2D eigenvalue weighted by atomic mass is 9.71. The summed E-state index contributed by atoms with van der Waals surface area (Å²) < 4.78 is 24.5. The summed E-state index contributed by atoms with van der Waals surface area (Å²) >= 11 is 0. The van der Waals surface area contributed by atoms with Crippen molar-refractivity contribution in [2.24, 2.45) is 17.8 Å². The molecule has 8 atom stereocenters. The lowest BCUT2D eigenvalue weighted by Gasteiger charge is -2.47. The summed E-state index contributed by atoms with van der Waals surface area (Å²) in [6, 6.07) is 0.445. The van der Waals surface area contributed by atoms with Crippen LogP contribution in [0.2, 0.25) is 0 Å². The number of piperidine rings is 1. The van der Waals surface area contributed by atoms with E-state index in [-0.39, 0.29) is 29.4 Å². The molecule has 0 saturated carbocycles. The lowest BCUT2D eigenvalue weighted by molar-refractivity contribution is -0.255. The molecule has 5 saturated heterocycles. The molecule has 0 aromatic heterocycles. The van der Waals surface area contributed by atoms with Crippen molar-refractivity contribution in [1.82, 2.24) is 4.90 Å².